The predicted molar refractivity (Wildman–Crippen MR) is 398 cm³/mol. The van der Waals surface area contributed by atoms with E-state index in [4.69, 9.17) is 11.5 Å². The highest BCUT2D eigenvalue weighted by Gasteiger charge is 2.41. The second-order valence-electron chi connectivity index (χ2n) is 27.6. The van der Waals surface area contributed by atoms with Crippen molar-refractivity contribution in [1.82, 2.24) is 84.3 Å². The molecule has 2 aromatic carbocycles. The van der Waals surface area contributed by atoms with Gasteiger partial charge in [-0.15, -0.1) is 0 Å². The topological polar surface area (TPSA) is 688 Å². The number of hydrogen-bond donors (Lipinski definition) is 24. The van der Waals surface area contributed by atoms with E-state index in [9.17, 15) is 122 Å². The minimum absolute atomic E-state index is 0.0109. The molecular formula is C71H104N18O25. The van der Waals surface area contributed by atoms with Crippen LogP contribution in [0.15, 0.2) is 60.8 Å². The molecule has 0 spiro atoms. The summed E-state index contributed by atoms with van der Waals surface area (Å²) in [4.78, 5) is 242. The maximum atomic E-state index is 13.8. The molecule has 15 amide bonds. The molecule has 1 aliphatic rings. The Kier molecular flexibility index (Phi) is 38.9. The molecule has 1 aliphatic heterocycles. The number of fused-ring (bicyclic) bond motifs is 1. The van der Waals surface area contributed by atoms with Crippen LogP contribution < -0.4 is 85.9 Å². The molecule has 0 unspecified atom stereocenters. The molecule has 2 heterocycles. The lowest BCUT2D eigenvalue weighted by Gasteiger charge is -2.29. The van der Waals surface area contributed by atoms with Crippen molar-refractivity contribution >= 4 is 117 Å². The van der Waals surface area contributed by atoms with E-state index in [0.29, 0.717) is 24.0 Å². The van der Waals surface area contributed by atoms with Crippen LogP contribution in [0.3, 0.4) is 0 Å². The third kappa shape index (κ3) is 30.0. The summed E-state index contributed by atoms with van der Waals surface area (Å²) in [6.07, 6.45) is 0.533. The summed E-state index contributed by atoms with van der Waals surface area (Å²) in [7, 11) is 0. The first kappa shape index (κ1) is 94.6. The molecule has 628 valence electrons. The van der Waals surface area contributed by atoms with Crippen LogP contribution in [0.1, 0.15) is 97.6 Å². The number of aromatic nitrogens is 1. The Bertz CT molecular complexity index is 3900. The highest BCUT2D eigenvalue weighted by atomic mass is 16.4. The van der Waals surface area contributed by atoms with Gasteiger partial charge in [0.25, 0.3) is 0 Å². The summed E-state index contributed by atoms with van der Waals surface area (Å²) in [5, 5.41) is 102. The molecule has 43 heteroatoms. The normalized spacial score (nSPS) is 15.9. The number of para-hydroxylation sites is 1. The van der Waals surface area contributed by atoms with Crippen LogP contribution in [-0.2, 0) is 99.1 Å². The number of aliphatic hydroxyl groups is 4. The number of nitrogens with one attached hydrogen (secondary N) is 15. The lowest BCUT2D eigenvalue weighted by molar-refractivity contribution is -0.144. The summed E-state index contributed by atoms with van der Waals surface area (Å²) in [5.41, 5.74) is 13.7. The van der Waals surface area contributed by atoms with Gasteiger partial charge in [0.15, 0.2) is 0 Å². The predicted octanol–water partition coefficient (Wildman–Crippen LogP) is -9.19. The number of unbranched alkanes of at least 4 members (excludes halogenated alkanes) is 1. The first-order chi connectivity index (χ1) is 53.9. The number of aromatic amines is 1. The van der Waals surface area contributed by atoms with Gasteiger partial charge in [-0.25, -0.2) is 4.79 Å². The fraction of sp³-hybridized carbons (Fsp3) is 0.549. The molecule has 1 saturated heterocycles. The number of nitrogens with two attached hydrogens (primary N) is 2. The Hall–Kier alpha value is -11.8. The van der Waals surface area contributed by atoms with Crippen LogP contribution >= 0.6 is 0 Å². The van der Waals surface area contributed by atoms with E-state index in [0.717, 1.165) is 15.8 Å². The molecule has 0 saturated carbocycles. The maximum absolute atomic E-state index is 13.8. The Morgan fingerprint density at radius 2 is 0.921 bits per heavy atom. The van der Waals surface area contributed by atoms with Crippen molar-refractivity contribution in [2.24, 2.45) is 23.3 Å². The van der Waals surface area contributed by atoms with Crippen molar-refractivity contribution in [1.29, 1.82) is 0 Å². The standard InChI is InChI=1S/C71H104N18O25/c1-34(2)56(88-63(105)46(26-55(98)99)82-65(107)49(32-92)84-59(101)41(73)24-39-27-74-42-18-11-10-17-40(39)42)68(110)76-29-53(95)87-57(35(3)4)69(111)86-50(33-93)66(108)85-47(30-90)60(102)75-28-52(94)79-48(31-91)64(106)78-37(6)70(112)89-22-14-20-51(89)67(109)83-45(25-54(96)97)61(103)77-36(5)58(100)81-44(23-38-15-8-7-9-16-38)62(104)80-43(71(113)114)19-12-13-21-72/h7-11,15-18,27,34-37,41,43-51,56-57,74,90-93H,12-14,19-26,28-33,72-73H2,1-6H3,(H,75,102)(H,76,110)(H,77,103)(H,78,106)(H,79,94)(H,80,104)(H,81,100)(H,82,107)(H,83,109)(H,84,101)(H,85,108)(H,86,111)(H,87,95)(H,88,105)(H,96,97)(H,98,99)(H,113,114)/t36-,37-,41-,43-,44-,45-,46-,47-,48-,49-,50-,51-,56-,57-/m0/s1. The van der Waals surface area contributed by atoms with Crippen LogP contribution in [0.25, 0.3) is 10.9 Å². The van der Waals surface area contributed by atoms with E-state index in [1.165, 1.54) is 41.5 Å². The molecule has 1 aromatic heterocycles. The highest BCUT2D eigenvalue weighted by molar-refractivity contribution is 6.01. The Balaban J connectivity index is 1.27. The zero-order valence-electron chi connectivity index (χ0n) is 63.6. The first-order valence-electron chi connectivity index (χ1n) is 36.5. The first-order valence-corrected chi connectivity index (χ1v) is 36.5. The summed E-state index contributed by atoms with van der Waals surface area (Å²) < 4.78 is 0. The number of H-pyrrole nitrogens is 1. The van der Waals surface area contributed by atoms with Crippen LogP contribution in [0, 0.1) is 11.8 Å². The highest BCUT2D eigenvalue weighted by Crippen LogP contribution is 2.21. The average Bonchev–Trinajstić information content (AvgIpc) is 1.66. The van der Waals surface area contributed by atoms with Gasteiger partial charge in [0, 0.05) is 30.1 Å². The Morgan fingerprint density at radius 1 is 0.465 bits per heavy atom. The molecule has 114 heavy (non-hydrogen) atoms. The second kappa shape index (κ2) is 46.9. The summed E-state index contributed by atoms with van der Waals surface area (Å²) in [5.74, 6) is -22.1. The third-order valence-electron chi connectivity index (χ3n) is 17.9. The Morgan fingerprint density at radius 3 is 1.49 bits per heavy atom. The molecule has 0 bridgehead atoms. The molecule has 0 radical (unpaired) electrons. The van der Waals surface area contributed by atoms with Gasteiger partial charge in [-0.3, -0.25) is 81.5 Å². The van der Waals surface area contributed by atoms with Crippen LogP contribution in [0.5, 0.6) is 0 Å². The minimum Gasteiger partial charge on any atom is -0.481 e. The van der Waals surface area contributed by atoms with Crippen LogP contribution in [0.2, 0.25) is 0 Å². The number of carboxylic acid groups (broad SMARTS) is 3. The second-order valence-corrected chi connectivity index (χ2v) is 27.6. The summed E-state index contributed by atoms with van der Waals surface area (Å²) in [6.45, 7) is 2.18. The van der Waals surface area contributed by atoms with Gasteiger partial charge in [0.2, 0.25) is 88.6 Å². The van der Waals surface area contributed by atoms with Crippen LogP contribution in [-0.4, -0.2) is 289 Å². The number of carbonyl (C=O) groups excluding carboxylic acids is 15. The van der Waals surface area contributed by atoms with Crippen molar-refractivity contribution in [3.05, 3.63) is 71.9 Å². The van der Waals surface area contributed by atoms with Crippen molar-refractivity contribution in [2.45, 2.75) is 184 Å². The number of nitrogens with zero attached hydrogens (tertiary/aromatic N) is 1. The number of carbonyl (C=O) groups is 18. The third-order valence-corrected chi connectivity index (χ3v) is 17.9. The molecule has 3 aromatic rings. The molecule has 14 atom stereocenters. The minimum atomic E-state index is -1.89. The van der Waals surface area contributed by atoms with Gasteiger partial charge in [0.05, 0.1) is 58.4 Å². The quantitative estimate of drug-likeness (QED) is 0.0233. The number of amides is 15. The number of rotatable bonds is 48. The zero-order valence-corrected chi connectivity index (χ0v) is 63.6. The smallest absolute Gasteiger partial charge is 0.326 e. The average molecular weight is 1610 g/mol. The molecule has 26 N–H and O–H groups in total. The maximum Gasteiger partial charge on any atom is 0.326 e. The van der Waals surface area contributed by atoms with E-state index in [1.807, 2.05) is 0 Å². The molecule has 43 nitrogen and oxygen atoms in total. The molecule has 0 aliphatic carbocycles. The van der Waals surface area contributed by atoms with Crippen LogP contribution in [0.4, 0.5) is 0 Å². The Labute approximate surface area is 653 Å². The number of aliphatic carboxylic acids is 3. The van der Waals surface area contributed by atoms with Gasteiger partial charge >= 0.3 is 17.9 Å². The number of likely N-dealkylation sites (tertiary alicyclic amines) is 1. The SMILES string of the molecule is CC(C)[C@H](NC(=O)CNC(=O)[C@@H](NC(=O)[C@H](CC(=O)O)NC(=O)[C@H](CO)NC(=O)[C@@H](N)Cc1c[nH]c2ccccc12)C(C)C)C(=O)N[C@@H](CO)C(=O)N[C@@H](CO)C(=O)NCC(=O)N[C@@H](CO)C(=O)N[C@@H](C)C(=O)N1CCC[C@H]1C(=O)N[C@@H](CC(=O)O)C(=O)N[C@@H](C)C(=O)N[C@@H](Cc1ccccc1)C(=O)N[C@@H](CCCCN)C(=O)O. The van der Waals surface area contributed by atoms with Crippen molar-refractivity contribution in [2.75, 3.05) is 52.6 Å². The number of hydrogen-bond acceptors (Lipinski definition) is 24. The van der Waals surface area contributed by atoms with Gasteiger partial charge in [-0.05, 0) is 87.9 Å². The van der Waals surface area contributed by atoms with E-state index in [2.05, 4.69) is 79.4 Å². The van der Waals surface area contributed by atoms with Crippen molar-refractivity contribution in [3.63, 3.8) is 0 Å². The van der Waals surface area contributed by atoms with E-state index >= 15 is 0 Å². The van der Waals surface area contributed by atoms with E-state index < -0.39 is 255 Å². The lowest BCUT2D eigenvalue weighted by atomic mass is 10.0. The van der Waals surface area contributed by atoms with Gasteiger partial charge < -0.3 is 132 Å². The fourth-order valence-electron chi connectivity index (χ4n) is 11.6. The number of aliphatic hydroxyl groups excluding tert-OH is 4. The summed E-state index contributed by atoms with van der Waals surface area (Å²) >= 11 is 0. The largest absolute Gasteiger partial charge is 0.481 e. The zero-order chi connectivity index (χ0) is 85.2. The van der Waals surface area contributed by atoms with E-state index in [1.54, 1.807) is 60.8 Å². The summed E-state index contributed by atoms with van der Waals surface area (Å²) in [6, 6.07) is -6.79. The lowest BCUT2D eigenvalue weighted by Crippen LogP contribution is -2.61. The fourth-order valence-corrected chi connectivity index (χ4v) is 11.6. The number of benzene rings is 2. The number of carboxylic acids is 3. The molecule has 1 fully saturated rings. The monoisotopic (exact) mass is 1610 g/mol. The van der Waals surface area contributed by atoms with Gasteiger partial charge in [-0.2, -0.15) is 0 Å². The van der Waals surface area contributed by atoms with E-state index in [-0.39, 0.29) is 45.2 Å². The van der Waals surface area contributed by atoms with Gasteiger partial charge in [0.1, 0.15) is 78.5 Å². The van der Waals surface area contributed by atoms with Gasteiger partial charge in [-0.1, -0.05) is 76.2 Å². The van der Waals surface area contributed by atoms with Crippen molar-refractivity contribution in [3.8, 4) is 0 Å². The van der Waals surface area contributed by atoms with Crippen molar-refractivity contribution < 1.29 is 122 Å². The molecular weight excluding hydrogens is 1500 g/mol. The molecule has 4 rings (SSSR count).